The maximum Gasteiger partial charge on any atom is 0.343 e. The number of nitrogens with one attached hydrogen (secondary N) is 4. The summed E-state index contributed by atoms with van der Waals surface area (Å²) < 4.78 is 35.5. The number of aliphatic hydroxyl groups is 2. The molecular formula is C25H38N9O6S+. The molecule has 15 nitrogen and oxygen atoms in total. The maximum absolute atomic E-state index is 13.6. The van der Waals surface area contributed by atoms with Crippen molar-refractivity contribution in [1.82, 2.24) is 24.6 Å². The third kappa shape index (κ3) is 4.22. The van der Waals surface area contributed by atoms with Gasteiger partial charge in [-0.1, -0.05) is 26.0 Å². The molecule has 6 rings (SSSR count). The van der Waals surface area contributed by atoms with E-state index in [0.717, 1.165) is 24.8 Å². The number of para-hydroxylation sites is 1. The lowest BCUT2D eigenvalue weighted by Crippen LogP contribution is -2.90. The van der Waals surface area contributed by atoms with Gasteiger partial charge >= 0.3 is 5.96 Å². The first-order valence-electron chi connectivity index (χ1n) is 13.8. The molecule has 1 spiro atoms. The Kier molecular flexibility index (Phi) is 6.42. The molecule has 2 saturated heterocycles. The van der Waals surface area contributed by atoms with E-state index in [2.05, 4.69) is 39.2 Å². The highest BCUT2D eigenvalue weighted by molar-refractivity contribution is 7.87. The quantitative estimate of drug-likeness (QED) is 0.148. The number of nitrogens with zero attached hydrogens (tertiary/aromatic N) is 3. The second-order valence-corrected chi connectivity index (χ2v) is 13.7. The Morgan fingerprint density at radius 3 is 2.73 bits per heavy atom. The third-order valence-corrected chi connectivity index (χ3v) is 10.6. The topological polar surface area (TPSA) is 222 Å². The minimum atomic E-state index is -3.77. The second kappa shape index (κ2) is 9.42. The standard InChI is InChI=1S/C25H37N9O6S/c1-23(2)8-11-40-18-14(6-5-7-15(18)23)20(35)30-17-13-34-22(27)29-16(12-28-41(38,39)33-9-3-4-10-33)19-24(34,25(17,36)37)32-21(26)31-19/h5-7,16-17,19,28,36-37H,3-4,8-13H2,1-2H3,(H2,27,29)(H,30,35)(H3,26,31,32)/p+1/t16-,17?,19-,24-/m0/s1. The number of fused-ring (bicyclic) bond motifs is 1. The molecule has 0 bridgehead atoms. The van der Waals surface area contributed by atoms with E-state index < -0.39 is 45.7 Å². The molecule has 5 aliphatic heterocycles. The van der Waals surface area contributed by atoms with E-state index in [1.165, 1.54) is 9.21 Å². The zero-order valence-electron chi connectivity index (χ0n) is 23.1. The molecule has 224 valence electrons. The van der Waals surface area contributed by atoms with Crippen LogP contribution in [0.4, 0.5) is 0 Å². The summed E-state index contributed by atoms with van der Waals surface area (Å²) in [6.45, 7) is 5.20. The molecule has 5 heterocycles. The van der Waals surface area contributed by atoms with E-state index in [9.17, 15) is 23.4 Å². The average Bonchev–Trinajstić information content (AvgIpc) is 3.62. The van der Waals surface area contributed by atoms with Gasteiger partial charge in [0, 0.05) is 25.2 Å². The fraction of sp³-hybridized carbons (Fsp3) is 0.640. The number of aliphatic imine (C=N–C) groups is 1. The Morgan fingerprint density at radius 1 is 1.27 bits per heavy atom. The lowest BCUT2D eigenvalue weighted by molar-refractivity contribution is -0.521. The van der Waals surface area contributed by atoms with Gasteiger partial charge in [-0.2, -0.15) is 17.4 Å². The van der Waals surface area contributed by atoms with Crippen LogP contribution in [0.2, 0.25) is 0 Å². The molecule has 16 heteroatoms. The normalized spacial score (nSPS) is 31.7. The van der Waals surface area contributed by atoms with E-state index in [-0.39, 0.29) is 36.0 Å². The first kappa shape index (κ1) is 28.0. The van der Waals surface area contributed by atoms with E-state index in [4.69, 9.17) is 16.2 Å². The first-order chi connectivity index (χ1) is 19.3. The number of carbonyl (C=O) groups excluding carboxylic acids is 1. The van der Waals surface area contributed by atoms with Gasteiger partial charge in [-0.3, -0.25) is 20.4 Å². The van der Waals surface area contributed by atoms with E-state index in [0.29, 0.717) is 25.4 Å². The van der Waals surface area contributed by atoms with Gasteiger partial charge in [0.2, 0.25) is 5.79 Å². The zero-order chi connectivity index (χ0) is 29.4. The summed E-state index contributed by atoms with van der Waals surface area (Å²) >= 11 is 0. The Bertz CT molecular complexity index is 1420. The molecule has 1 aromatic rings. The van der Waals surface area contributed by atoms with Gasteiger partial charge in [-0.25, -0.2) is 10.3 Å². The van der Waals surface area contributed by atoms with E-state index in [1.54, 1.807) is 12.1 Å². The number of benzene rings is 1. The first-order valence-corrected chi connectivity index (χ1v) is 15.3. The largest absolute Gasteiger partial charge is 0.492 e. The molecule has 0 saturated carbocycles. The van der Waals surface area contributed by atoms with Crippen molar-refractivity contribution in [3.63, 3.8) is 0 Å². The van der Waals surface area contributed by atoms with Crippen molar-refractivity contribution >= 4 is 28.0 Å². The van der Waals surface area contributed by atoms with Crippen molar-refractivity contribution in [3.05, 3.63) is 29.3 Å². The molecule has 1 amide bonds. The third-order valence-electron chi connectivity index (χ3n) is 9.03. The second-order valence-electron chi connectivity index (χ2n) is 12.0. The summed E-state index contributed by atoms with van der Waals surface area (Å²) in [7, 11) is -3.77. The predicted molar refractivity (Wildman–Crippen MR) is 148 cm³/mol. The minimum absolute atomic E-state index is 0.0320. The summed E-state index contributed by atoms with van der Waals surface area (Å²) in [5.41, 5.74) is 11.7. The number of nitrogens with two attached hydrogens (primary N) is 2. The van der Waals surface area contributed by atoms with Crippen LogP contribution in [0.25, 0.3) is 0 Å². The Labute approximate surface area is 238 Å². The fourth-order valence-corrected chi connectivity index (χ4v) is 8.03. The Hall–Kier alpha value is -3.18. The molecule has 0 aromatic heterocycles. The molecule has 0 radical (unpaired) electrons. The number of ether oxygens (including phenoxy) is 1. The van der Waals surface area contributed by atoms with E-state index >= 15 is 0 Å². The van der Waals surface area contributed by atoms with Crippen LogP contribution in [-0.4, -0.2) is 108 Å². The number of amides is 1. The Morgan fingerprint density at radius 2 is 2.00 bits per heavy atom. The lowest BCUT2D eigenvalue weighted by Gasteiger charge is -2.46. The predicted octanol–water partition coefficient (Wildman–Crippen LogP) is -4.47. The van der Waals surface area contributed by atoms with Crippen LogP contribution >= 0.6 is 0 Å². The highest BCUT2D eigenvalue weighted by Gasteiger charge is 2.76. The van der Waals surface area contributed by atoms with Crippen molar-refractivity contribution in [3.8, 4) is 5.75 Å². The summed E-state index contributed by atoms with van der Waals surface area (Å²) in [5, 5.41) is 29.1. The van der Waals surface area contributed by atoms with Crippen molar-refractivity contribution < 1.29 is 33.2 Å². The number of rotatable bonds is 6. The number of guanidine groups is 2. The highest BCUT2D eigenvalue weighted by atomic mass is 32.2. The lowest BCUT2D eigenvalue weighted by atomic mass is 9.79. The summed E-state index contributed by atoms with van der Waals surface area (Å²) in [4.78, 5) is 22.5. The van der Waals surface area contributed by atoms with Crippen molar-refractivity contribution in [2.75, 3.05) is 32.8 Å². The van der Waals surface area contributed by atoms with Crippen LogP contribution in [0.15, 0.2) is 23.2 Å². The molecule has 10 N–H and O–H groups in total. The van der Waals surface area contributed by atoms with Crippen LogP contribution in [0.3, 0.4) is 0 Å². The molecule has 5 aliphatic rings. The van der Waals surface area contributed by atoms with E-state index in [1.807, 2.05) is 6.07 Å². The summed E-state index contributed by atoms with van der Waals surface area (Å²) in [6, 6.07) is 2.32. The fourth-order valence-electron chi connectivity index (χ4n) is 6.73. The summed E-state index contributed by atoms with van der Waals surface area (Å²) in [6.07, 6.45) is 2.37. The number of hydrogen-bond donors (Lipinski definition) is 8. The van der Waals surface area contributed by atoms with Gasteiger partial charge in [-0.05, 0) is 30.7 Å². The zero-order valence-corrected chi connectivity index (χ0v) is 23.9. The monoisotopic (exact) mass is 592 g/mol. The van der Waals surface area contributed by atoms with Gasteiger partial charge < -0.3 is 26.0 Å². The molecular weight excluding hydrogens is 554 g/mol. The summed E-state index contributed by atoms with van der Waals surface area (Å²) in [5.74, 6) is -2.72. The van der Waals surface area contributed by atoms with Crippen LogP contribution in [0.1, 0.15) is 49.0 Å². The maximum atomic E-state index is 13.6. The Balaban J connectivity index is 1.27. The molecule has 1 aromatic carbocycles. The minimum Gasteiger partial charge on any atom is -0.492 e. The number of hydrogen-bond acceptors (Lipinski definition) is 11. The van der Waals surface area contributed by atoms with Crippen molar-refractivity contribution in [2.45, 2.75) is 68.1 Å². The number of carbonyl (C=O) groups is 1. The smallest absolute Gasteiger partial charge is 0.343 e. The van der Waals surface area contributed by atoms with Crippen molar-refractivity contribution in [2.24, 2.45) is 16.5 Å². The van der Waals surface area contributed by atoms with Crippen molar-refractivity contribution in [1.29, 1.82) is 0 Å². The van der Waals surface area contributed by atoms with Crippen LogP contribution in [-0.2, 0) is 15.6 Å². The molecule has 4 atom stereocenters. The van der Waals surface area contributed by atoms with Gasteiger partial charge in [0.25, 0.3) is 21.8 Å². The molecule has 1 unspecified atom stereocenters. The molecule has 41 heavy (non-hydrogen) atoms. The van der Waals surface area contributed by atoms with Gasteiger partial charge in [0.15, 0.2) is 12.0 Å². The SMILES string of the molecule is CC1(C)CCOc2c(C(=O)NC3CN4C(N)=N[C@@H](CNS(=O)(=O)N5CCCC5)[C@@H]5[NH+]=C(N)N[C@@]54C3(O)O)cccc21. The highest BCUT2D eigenvalue weighted by Crippen LogP contribution is 2.43. The molecule has 2 fully saturated rings. The van der Waals surface area contributed by atoms with Crippen LogP contribution in [0, 0.1) is 0 Å². The van der Waals surface area contributed by atoms with Gasteiger partial charge in [0.1, 0.15) is 17.8 Å². The van der Waals surface area contributed by atoms with Crippen LogP contribution in [0.5, 0.6) is 5.75 Å². The van der Waals surface area contributed by atoms with Gasteiger partial charge in [0.05, 0.1) is 18.7 Å². The average molecular weight is 593 g/mol. The molecule has 0 aliphatic carbocycles. The van der Waals surface area contributed by atoms with Gasteiger partial charge in [-0.15, -0.1) is 0 Å². The van der Waals surface area contributed by atoms with Crippen LogP contribution < -0.4 is 36.6 Å².